The van der Waals surface area contributed by atoms with Crippen molar-refractivity contribution in [1.82, 2.24) is 0 Å². The van der Waals surface area contributed by atoms with E-state index < -0.39 is 6.23 Å². The van der Waals surface area contributed by atoms with Crippen LogP contribution in [0.1, 0.15) is 5.56 Å². The summed E-state index contributed by atoms with van der Waals surface area (Å²) >= 11 is 9.62. The number of hydrogen-bond donors (Lipinski definition) is 2. The van der Waals surface area contributed by atoms with Crippen molar-refractivity contribution in [1.29, 1.82) is 0 Å². The van der Waals surface area contributed by atoms with Crippen molar-refractivity contribution in [2.75, 3.05) is 4.90 Å². The maximum Gasteiger partial charge on any atom is 0.166 e. The Morgan fingerprint density at radius 3 is 2.39 bits per heavy atom. The molecule has 0 saturated heterocycles. The minimum absolute atomic E-state index is 0.0916. The summed E-state index contributed by atoms with van der Waals surface area (Å²) in [7, 11) is 0. The van der Waals surface area contributed by atoms with Gasteiger partial charge in [0.2, 0.25) is 0 Å². The first-order chi connectivity index (χ1) is 13.6. The molecule has 2 N–H and O–H groups in total. The Kier molecular flexibility index (Phi) is 5.17. The number of anilines is 2. The van der Waals surface area contributed by atoms with Crippen LogP contribution in [-0.2, 0) is 0 Å². The number of para-hydroxylation sites is 1. The van der Waals surface area contributed by atoms with Crippen molar-refractivity contribution in [2.45, 2.75) is 6.23 Å². The highest BCUT2D eigenvalue weighted by Gasteiger charge is 2.32. The Morgan fingerprint density at radius 1 is 0.929 bits per heavy atom. The number of azo groups is 1. The highest BCUT2D eigenvalue weighted by atomic mass is 79.9. The van der Waals surface area contributed by atoms with Crippen LogP contribution in [0, 0.1) is 0 Å². The Balaban J connectivity index is 1.85. The average Bonchev–Trinajstić information content (AvgIpc) is 2.71. The summed E-state index contributed by atoms with van der Waals surface area (Å²) in [5.74, 6) is 0.0916. The molecule has 3 aromatic rings. The van der Waals surface area contributed by atoms with Gasteiger partial charge in [0.25, 0.3) is 0 Å². The summed E-state index contributed by atoms with van der Waals surface area (Å²) < 4.78 is 0.435. The molecule has 5 nitrogen and oxygen atoms in total. The van der Waals surface area contributed by atoms with Crippen molar-refractivity contribution in [3.8, 4) is 5.75 Å². The van der Waals surface area contributed by atoms with Gasteiger partial charge >= 0.3 is 0 Å². The lowest BCUT2D eigenvalue weighted by Crippen LogP contribution is -2.34. The molecule has 0 bridgehead atoms. The molecule has 0 spiro atoms. The number of halogens is 2. The van der Waals surface area contributed by atoms with Gasteiger partial charge in [0.05, 0.1) is 15.2 Å². The highest BCUT2D eigenvalue weighted by molar-refractivity contribution is 9.11. The zero-order valence-electron chi connectivity index (χ0n) is 14.5. The van der Waals surface area contributed by atoms with E-state index in [1.165, 1.54) is 0 Å². The highest BCUT2D eigenvalue weighted by Crippen LogP contribution is 2.45. The molecule has 4 rings (SSSR count). The SMILES string of the molecule is Oc1ccc2c(c1)C(N=Nc1ccccc1Cl)=C(Br)C(O)N2c1ccccc1. The molecule has 1 aliphatic heterocycles. The number of hydrogen-bond acceptors (Lipinski definition) is 5. The third-order valence-electron chi connectivity index (χ3n) is 4.34. The van der Waals surface area contributed by atoms with Gasteiger partial charge in [-0.25, -0.2) is 0 Å². The molecule has 140 valence electrons. The molecule has 0 fully saturated rings. The zero-order chi connectivity index (χ0) is 19.7. The summed E-state index contributed by atoms with van der Waals surface area (Å²) in [4.78, 5) is 1.76. The number of nitrogens with zero attached hydrogens (tertiary/aromatic N) is 3. The van der Waals surface area contributed by atoms with E-state index in [0.29, 0.717) is 32.1 Å². The first-order valence-corrected chi connectivity index (χ1v) is 9.65. The minimum Gasteiger partial charge on any atom is -0.508 e. The van der Waals surface area contributed by atoms with Gasteiger partial charge in [0, 0.05) is 11.3 Å². The largest absolute Gasteiger partial charge is 0.508 e. The van der Waals surface area contributed by atoms with Crippen LogP contribution >= 0.6 is 27.5 Å². The third-order valence-corrected chi connectivity index (χ3v) is 5.44. The number of aromatic hydroxyl groups is 1. The lowest BCUT2D eigenvalue weighted by Gasteiger charge is -2.35. The van der Waals surface area contributed by atoms with Crippen LogP contribution in [-0.4, -0.2) is 16.4 Å². The first-order valence-electron chi connectivity index (χ1n) is 8.48. The molecule has 0 aliphatic carbocycles. The minimum atomic E-state index is -1.00. The van der Waals surface area contributed by atoms with Gasteiger partial charge in [0.1, 0.15) is 17.1 Å². The molecule has 7 heteroatoms. The Hall–Kier alpha value is -2.67. The van der Waals surface area contributed by atoms with Gasteiger partial charge in [-0.2, -0.15) is 0 Å². The van der Waals surface area contributed by atoms with E-state index in [1.807, 2.05) is 42.5 Å². The van der Waals surface area contributed by atoms with Gasteiger partial charge < -0.3 is 15.1 Å². The predicted octanol–water partition coefficient (Wildman–Crippen LogP) is 6.36. The fourth-order valence-corrected chi connectivity index (χ4v) is 3.70. The molecule has 0 saturated carbocycles. The molecular formula is C21H15BrClN3O2. The Labute approximate surface area is 175 Å². The molecule has 0 radical (unpaired) electrons. The van der Waals surface area contributed by atoms with Gasteiger partial charge in [-0.15, -0.1) is 10.2 Å². The average molecular weight is 457 g/mol. The summed E-state index contributed by atoms with van der Waals surface area (Å²) in [6.45, 7) is 0. The van der Waals surface area contributed by atoms with Gasteiger partial charge in [-0.05, 0) is 58.4 Å². The number of fused-ring (bicyclic) bond motifs is 1. The monoisotopic (exact) mass is 455 g/mol. The lowest BCUT2D eigenvalue weighted by atomic mass is 10.0. The van der Waals surface area contributed by atoms with Crippen LogP contribution in [0.5, 0.6) is 5.75 Å². The first kappa shape index (κ1) is 18.7. The van der Waals surface area contributed by atoms with E-state index >= 15 is 0 Å². The molecule has 0 aromatic heterocycles. The molecule has 1 heterocycles. The zero-order valence-corrected chi connectivity index (χ0v) is 16.8. The van der Waals surface area contributed by atoms with Crippen LogP contribution in [0.4, 0.5) is 17.1 Å². The van der Waals surface area contributed by atoms with Crippen molar-refractivity contribution in [3.63, 3.8) is 0 Å². The number of phenolic OH excluding ortho intramolecular Hbond substituents is 1. The number of aliphatic hydroxyl groups is 1. The summed E-state index contributed by atoms with van der Waals surface area (Å²) in [6, 6.07) is 21.5. The maximum atomic E-state index is 11.0. The van der Waals surface area contributed by atoms with Gasteiger partial charge in [-0.3, -0.25) is 0 Å². The fourth-order valence-electron chi connectivity index (χ4n) is 3.03. The van der Waals surface area contributed by atoms with Crippen LogP contribution in [0.15, 0.2) is 87.5 Å². The van der Waals surface area contributed by atoms with E-state index in [1.54, 1.807) is 35.2 Å². The molecular weight excluding hydrogens is 442 g/mol. The molecule has 0 amide bonds. The van der Waals surface area contributed by atoms with Gasteiger partial charge in [-0.1, -0.05) is 41.9 Å². The normalized spacial score (nSPS) is 16.5. The number of benzene rings is 3. The number of rotatable bonds is 3. The quantitative estimate of drug-likeness (QED) is 0.450. The van der Waals surface area contributed by atoms with Crippen LogP contribution < -0.4 is 4.90 Å². The molecule has 1 aliphatic rings. The topological polar surface area (TPSA) is 68.4 Å². The second kappa shape index (κ2) is 7.75. The molecule has 1 atom stereocenters. The van der Waals surface area contributed by atoms with E-state index in [4.69, 9.17) is 11.6 Å². The van der Waals surface area contributed by atoms with Crippen LogP contribution in [0.25, 0.3) is 5.70 Å². The summed E-state index contributed by atoms with van der Waals surface area (Å²) in [6.07, 6.45) is -1.00. The number of aliphatic hydroxyl groups excluding tert-OH is 1. The summed E-state index contributed by atoms with van der Waals surface area (Å²) in [5, 5.41) is 30.0. The third kappa shape index (κ3) is 3.42. The van der Waals surface area contributed by atoms with E-state index in [0.717, 1.165) is 5.69 Å². The Bertz CT molecular complexity index is 1090. The van der Waals surface area contributed by atoms with Gasteiger partial charge in [0.15, 0.2) is 6.23 Å². The Morgan fingerprint density at radius 2 is 1.64 bits per heavy atom. The lowest BCUT2D eigenvalue weighted by molar-refractivity contribution is 0.225. The number of phenols is 1. The van der Waals surface area contributed by atoms with E-state index in [9.17, 15) is 10.2 Å². The second-order valence-corrected chi connectivity index (χ2v) is 7.39. The molecule has 3 aromatic carbocycles. The molecule has 1 unspecified atom stereocenters. The predicted molar refractivity (Wildman–Crippen MR) is 115 cm³/mol. The summed E-state index contributed by atoms with van der Waals surface area (Å²) in [5.41, 5.74) is 3.08. The second-order valence-electron chi connectivity index (χ2n) is 6.13. The fraction of sp³-hybridized carbons (Fsp3) is 0.0476. The van der Waals surface area contributed by atoms with Crippen molar-refractivity contribution in [3.05, 3.63) is 87.9 Å². The standard InChI is InChI=1S/C21H15BrClN3O2/c22-19-20(25-24-17-9-5-4-8-16(17)23)15-12-14(27)10-11-18(15)26(21(19)28)13-6-2-1-3-7-13/h1-12,21,27-28H. The van der Waals surface area contributed by atoms with Crippen LogP contribution in [0.3, 0.4) is 0 Å². The molecule has 28 heavy (non-hydrogen) atoms. The smallest absolute Gasteiger partial charge is 0.166 e. The van der Waals surface area contributed by atoms with Crippen LogP contribution in [0.2, 0.25) is 5.02 Å². The van der Waals surface area contributed by atoms with Crippen molar-refractivity contribution in [2.24, 2.45) is 10.2 Å². The van der Waals surface area contributed by atoms with Crippen molar-refractivity contribution >= 4 is 50.3 Å². The maximum absolute atomic E-state index is 11.0. The van der Waals surface area contributed by atoms with E-state index in [2.05, 4.69) is 26.2 Å². The van der Waals surface area contributed by atoms with Crippen molar-refractivity contribution < 1.29 is 10.2 Å². The van der Waals surface area contributed by atoms with E-state index in [-0.39, 0.29) is 5.75 Å².